The molecule has 28 heavy (non-hydrogen) atoms. The molecule has 8 nitrogen and oxygen atoms in total. The average Bonchev–Trinajstić information content (AvgIpc) is 2.92. The number of imide groups is 2. The molecule has 2 fully saturated rings. The van der Waals surface area contributed by atoms with Crippen molar-refractivity contribution in [3.8, 4) is 0 Å². The number of carbonyl (C=O) groups is 4. The van der Waals surface area contributed by atoms with Crippen molar-refractivity contribution < 1.29 is 19.2 Å². The molecular formula is C20H24N4O4. The van der Waals surface area contributed by atoms with E-state index in [-0.39, 0.29) is 18.7 Å². The summed E-state index contributed by atoms with van der Waals surface area (Å²) in [6, 6.07) is 4.59. The first-order chi connectivity index (χ1) is 13.5. The summed E-state index contributed by atoms with van der Waals surface area (Å²) in [7, 11) is 0. The molecule has 0 radical (unpaired) electrons. The molecule has 3 aliphatic rings. The van der Waals surface area contributed by atoms with Crippen LogP contribution in [0, 0.1) is 5.92 Å². The Balaban J connectivity index is 1.54. The molecular weight excluding hydrogens is 360 g/mol. The van der Waals surface area contributed by atoms with Gasteiger partial charge < -0.3 is 10.6 Å². The largest absolute Gasteiger partial charge is 0.315 e. The monoisotopic (exact) mass is 384 g/mol. The third-order valence-electron chi connectivity index (χ3n) is 5.71. The number of hydrogen-bond donors (Lipinski definition) is 3. The SMILES string of the molecule is CC1CNCC(NCc2cccc3c2C(=O)N(C2CCC(=O)NC2=O)C3=O)C1. The first-order valence-electron chi connectivity index (χ1n) is 9.73. The second kappa shape index (κ2) is 7.44. The lowest BCUT2D eigenvalue weighted by Gasteiger charge is -2.29. The Bertz CT molecular complexity index is 853. The summed E-state index contributed by atoms with van der Waals surface area (Å²) in [5.41, 5.74) is 1.44. The summed E-state index contributed by atoms with van der Waals surface area (Å²) in [6.45, 7) is 4.55. The fourth-order valence-electron chi connectivity index (χ4n) is 4.30. The van der Waals surface area contributed by atoms with E-state index in [1.54, 1.807) is 12.1 Å². The highest BCUT2D eigenvalue weighted by Crippen LogP contribution is 2.30. The molecule has 3 atom stereocenters. The number of nitrogens with one attached hydrogen (secondary N) is 3. The minimum absolute atomic E-state index is 0.116. The summed E-state index contributed by atoms with van der Waals surface area (Å²) in [4.78, 5) is 50.5. The number of piperidine rings is 2. The van der Waals surface area contributed by atoms with Gasteiger partial charge in [-0.15, -0.1) is 0 Å². The van der Waals surface area contributed by atoms with Gasteiger partial charge in [0.2, 0.25) is 11.8 Å². The van der Waals surface area contributed by atoms with Gasteiger partial charge in [0.05, 0.1) is 11.1 Å². The standard InChI is InChI=1S/C20H24N4O4/c1-11-7-13(10-21-8-11)22-9-12-3-2-4-14-17(12)20(28)24(19(14)27)15-5-6-16(25)23-18(15)26/h2-4,11,13,15,21-22H,5-10H2,1H3,(H,23,25,26). The molecule has 3 unspecified atom stereocenters. The molecule has 0 bridgehead atoms. The predicted molar refractivity (Wildman–Crippen MR) is 100 cm³/mol. The minimum Gasteiger partial charge on any atom is -0.315 e. The van der Waals surface area contributed by atoms with Crippen LogP contribution in [0.4, 0.5) is 0 Å². The van der Waals surface area contributed by atoms with Crippen molar-refractivity contribution in [1.29, 1.82) is 0 Å². The van der Waals surface area contributed by atoms with Gasteiger partial charge in [0.25, 0.3) is 11.8 Å². The van der Waals surface area contributed by atoms with Crippen LogP contribution in [0.15, 0.2) is 18.2 Å². The summed E-state index contributed by atoms with van der Waals surface area (Å²) in [6.07, 6.45) is 1.33. The third-order valence-corrected chi connectivity index (χ3v) is 5.71. The van der Waals surface area contributed by atoms with Gasteiger partial charge in [-0.05, 0) is 36.9 Å². The number of nitrogens with zero attached hydrogens (tertiary/aromatic N) is 1. The van der Waals surface area contributed by atoms with E-state index in [1.165, 1.54) is 0 Å². The van der Waals surface area contributed by atoms with Gasteiger partial charge in [-0.25, -0.2) is 0 Å². The zero-order valence-electron chi connectivity index (χ0n) is 15.8. The van der Waals surface area contributed by atoms with Gasteiger partial charge in [0.15, 0.2) is 0 Å². The van der Waals surface area contributed by atoms with Crippen LogP contribution in [-0.2, 0) is 16.1 Å². The average molecular weight is 384 g/mol. The Hall–Kier alpha value is -2.58. The predicted octanol–water partition coefficient (Wildman–Crippen LogP) is 0.175. The third kappa shape index (κ3) is 3.33. The number of fused-ring (bicyclic) bond motifs is 1. The maximum Gasteiger partial charge on any atom is 0.262 e. The van der Waals surface area contributed by atoms with E-state index in [0.29, 0.717) is 29.6 Å². The van der Waals surface area contributed by atoms with Crippen molar-refractivity contribution in [2.45, 2.75) is 44.8 Å². The Morgan fingerprint density at radius 1 is 1.14 bits per heavy atom. The molecule has 1 aromatic carbocycles. The van der Waals surface area contributed by atoms with Crippen molar-refractivity contribution in [2.24, 2.45) is 5.92 Å². The normalized spacial score (nSPS) is 27.8. The molecule has 148 valence electrons. The van der Waals surface area contributed by atoms with Crippen molar-refractivity contribution in [2.75, 3.05) is 13.1 Å². The maximum absolute atomic E-state index is 13.1. The topological polar surface area (TPSA) is 108 Å². The van der Waals surface area contributed by atoms with Crippen LogP contribution in [0.5, 0.6) is 0 Å². The van der Waals surface area contributed by atoms with E-state index >= 15 is 0 Å². The second-order valence-electron chi connectivity index (χ2n) is 7.86. The lowest BCUT2D eigenvalue weighted by Crippen LogP contribution is -2.54. The van der Waals surface area contributed by atoms with Crippen molar-refractivity contribution in [3.63, 3.8) is 0 Å². The molecule has 3 heterocycles. The Morgan fingerprint density at radius 2 is 1.96 bits per heavy atom. The number of amides is 4. The van der Waals surface area contributed by atoms with Crippen LogP contribution in [0.1, 0.15) is 52.5 Å². The summed E-state index contributed by atoms with van der Waals surface area (Å²) in [5.74, 6) is -1.31. The minimum atomic E-state index is -0.936. The molecule has 4 amide bonds. The Morgan fingerprint density at radius 3 is 2.71 bits per heavy atom. The maximum atomic E-state index is 13.1. The molecule has 3 aliphatic heterocycles. The van der Waals surface area contributed by atoms with E-state index in [0.717, 1.165) is 30.0 Å². The zero-order chi connectivity index (χ0) is 19.8. The molecule has 0 saturated carbocycles. The number of hydrogen-bond acceptors (Lipinski definition) is 6. The summed E-state index contributed by atoms with van der Waals surface area (Å²) in [5, 5.41) is 9.08. The summed E-state index contributed by atoms with van der Waals surface area (Å²) >= 11 is 0. The van der Waals surface area contributed by atoms with Gasteiger partial charge in [-0.2, -0.15) is 0 Å². The molecule has 0 aliphatic carbocycles. The van der Waals surface area contributed by atoms with Crippen LogP contribution < -0.4 is 16.0 Å². The van der Waals surface area contributed by atoms with Crippen LogP contribution in [0.2, 0.25) is 0 Å². The first kappa shape index (κ1) is 18.8. The van der Waals surface area contributed by atoms with Gasteiger partial charge in [-0.1, -0.05) is 19.1 Å². The van der Waals surface area contributed by atoms with Crippen LogP contribution in [0.25, 0.3) is 0 Å². The molecule has 4 rings (SSSR count). The molecule has 1 aromatic rings. The van der Waals surface area contributed by atoms with Gasteiger partial charge in [0, 0.05) is 25.6 Å². The van der Waals surface area contributed by atoms with Crippen molar-refractivity contribution >= 4 is 23.6 Å². The van der Waals surface area contributed by atoms with Crippen LogP contribution in [0.3, 0.4) is 0 Å². The highest BCUT2D eigenvalue weighted by molar-refractivity contribution is 6.24. The quantitative estimate of drug-likeness (QED) is 0.639. The summed E-state index contributed by atoms with van der Waals surface area (Å²) < 4.78 is 0. The Labute approximate surface area is 163 Å². The van der Waals surface area contributed by atoms with Gasteiger partial charge >= 0.3 is 0 Å². The lowest BCUT2D eigenvalue weighted by molar-refractivity contribution is -0.136. The van der Waals surface area contributed by atoms with E-state index in [9.17, 15) is 19.2 Å². The van der Waals surface area contributed by atoms with Crippen molar-refractivity contribution in [1.82, 2.24) is 20.9 Å². The fourth-order valence-corrected chi connectivity index (χ4v) is 4.30. The second-order valence-corrected chi connectivity index (χ2v) is 7.86. The van der Waals surface area contributed by atoms with Gasteiger partial charge in [0.1, 0.15) is 6.04 Å². The smallest absolute Gasteiger partial charge is 0.262 e. The molecule has 0 aromatic heterocycles. The number of carbonyl (C=O) groups excluding carboxylic acids is 4. The zero-order valence-corrected chi connectivity index (χ0v) is 15.8. The van der Waals surface area contributed by atoms with E-state index in [1.807, 2.05) is 6.07 Å². The van der Waals surface area contributed by atoms with Gasteiger partial charge in [-0.3, -0.25) is 29.4 Å². The highest BCUT2D eigenvalue weighted by atomic mass is 16.2. The Kier molecular flexibility index (Phi) is 4.99. The molecule has 2 saturated heterocycles. The van der Waals surface area contributed by atoms with E-state index < -0.39 is 23.8 Å². The van der Waals surface area contributed by atoms with E-state index in [4.69, 9.17) is 0 Å². The molecule has 8 heteroatoms. The highest BCUT2D eigenvalue weighted by Gasteiger charge is 2.45. The van der Waals surface area contributed by atoms with Crippen LogP contribution >= 0.6 is 0 Å². The lowest BCUT2D eigenvalue weighted by atomic mass is 9.97. The number of benzene rings is 1. The van der Waals surface area contributed by atoms with E-state index in [2.05, 4.69) is 22.9 Å². The number of rotatable bonds is 4. The van der Waals surface area contributed by atoms with Crippen LogP contribution in [-0.4, -0.2) is 53.7 Å². The molecule has 3 N–H and O–H groups in total. The first-order valence-corrected chi connectivity index (χ1v) is 9.73. The fraction of sp³-hybridized carbons (Fsp3) is 0.500. The molecule has 0 spiro atoms. The van der Waals surface area contributed by atoms with Crippen molar-refractivity contribution in [3.05, 3.63) is 34.9 Å².